The molecule has 1 fully saturated rings. The maximum absolute atomic E-state index is 12.0. The van der Waals surface area contributed by atoms with Crippen molar-refractivity contribution in [1.29, 1.82) is 0 Å². The molecule has 0 aromatic heterocycles. The van der Waals surface area contributed by atoms with Crippen LogP contribution >= 0.6 is 0 Å². The third-order valence-corrected chi connectivity index (χ3v) is 2.66. The first-order valence-corrected chi connectivity index (χ1v) is 5.62. The minimum Gasteiger partial charge on any atom is -0.481 e. The summed E-state index contributed by atoms with van der Waals surface area (Å²) in [5, 5.41) is 11.3. The van der Waals surface area contributed by atoms with Gasteiger partial charge in [0.2, 0.25) is 11.8 Å². The molecule has 106 valence electrons. The third-order valence-electron chi connectivity index (χ3n) is 2.66. The van der Waals surface area contributed by atoms with Crippen LogP contribution < -0.4 is 11.1 Å². The molecule has 1 atom stereocenters. The van der Waals surface area contributed by atoms with Crippen LogP contribution in [0.4, 0.5) is 4.79 Å². The minimum atomic E-state index is -1.18. The second-order valence-electron chi connectivity index (χ2n) is 4.20. The van der Waals surface area contributed by atoms with Crippen LogP contribution in [-0.2, 0) is 14.4 Å². The molecule has 4 N–H and O–H groups in total. The second kappa shape index (κ2) is 6.03. The molecular weight excluding hydrogens is 256 g/mol. The summed E-state index contributed by atoms with van der Waals surface area (Å²) < 4.78 is 0. The van der Waals surface area contributed by atoms with E-state index < -0.39 is 36.3 Å². The first kappa shape index (κ1) is 14.7. The fourth-order valence-corrected chi connectivity index (χ4v) is 1.83. The Balaban J connectivity index is 2.81. The van der Waals surface area contributed by atoms with Crippen LogP contribution in [-0.4, -0.2) is 71.4 Å². The number of nitrogens with one attached hydrogen (secondary N) is 1. The Morgan fingerprint density at radius 3 is 2.68 bits per heavy atom. The van der Waals surface area contributed by atoms with Crippen LogP contribution in [0.3, 0.4) is 0 Å². The predicted molar refractivity (Wildman–Crippen MR) is 63.0 cm³/mol. The average molecular weight is 272 g/mol. The number of carbonyl (C=O) groups excluding carboxylic acids is 3. The average Bonchev–Trinajstić information content (AvgIpc) is 2.29. The van der Waals surface area contributed by atoms with E-state index in [1.165, 1.54) is 7.05 Å². The zero-order valence-electron chi connectivity index (χ0n) is 10.5. The fourth-order valence-electron chi connectivity index (χ4n) is 1.83. The normalized spacial score (nSPS) is 18.7. The van der Waals surface area contributed by atoms with E-state index in [2.05, 4.69) is 5.32 Å². The Kier molecular flexibility index (Phi) is 4.67. The topological polar surface area (TPSA) is 133 Å². The molecule has 0 radical (unpaired) electrons. The quantitative estimate of drug-likeness (QED) is 0.534. The summed E-state index contributed by atoms with van der Waals surface area (Å²) in [5.74, 6) is -2.39. The van der Waals surface area contributed by atoms with Crippen molar-refractivity contribution in [3.8, 4) is 0 Å². The molecule has 0 bridgehead atoms. The van der Waals surface area contributed by atoms with Gasteiger partial charge in [-0.05, 0) is 0 Å². The van der Waals surface area contributed by atoms with E-state index in [-0.39, 0.29) is 19.6 Å². The number of aliphatic carboxylic acids is 1. The maximum atomic E-state index is 12.0. The zero-order valence-corrected chi connectivity index (χ0v) is 10.5. The zero-order chi connectivity index (χ0) is 14.6. The van der Waals surface area contributed by atoms with Crippen molar-refractivity contribution >= 4 is 23.8 Å². The van der Waals surface area contributed by atoms with Crippen molar-refractivity contribution < 1.29 is 24.3 Å². The van der Waals surface area contributed by atoms with Gasteiger partial charge in [-0.3, -0.25) is 14.4 Å². The first-order chi connectivity index (χ1) is 8.82. The number of urea groups is 1. The summed E-state index contributed by atoms with van der Waals surface area (Å²) in [7, 11) is 1.36. The molecule has 1 unspecified atom stereocenters. The van der Waals surface area contributed by atoms with Crippen molar-refractivity contribution in [2.24, 2.45) is 5.73 Å². The molecule has 1 aliphatic heterocycles. The summed E-state index contributed by atoms with van der Waals surface area (Å²) in [6, 6.07) is -1.67. The number of primary amides is 1. The number of piperazine rings is 1. The molecule has 0 aromatic rings. The molecule has 1 aliphatic rings. The van der Waals surface area contributed by atoms with Crippen LogP contribution in [0.5, 0.6) is 0 Å². The van der Waals surface area contributed by atoms with Gasteiger partial charge in [0.25, 0.3) is 0 Å². The van der Waals surface area contributed by atoms with Crippen LogP contribution in [0.1, 0.15) is 6.42 Å². The fraction of sp³-hybridized carbons (Fsp3) is 0.600. The van der Waals surface area contributed by atoms with Crippen LogP contribution in [0.25, 0.3) is 0 Å². The third kappa shape index (κ3) is 3.83. The van der Waals surface area contributed by atoms with Gasteiger partial charge in [-0.2, -0.15) is 0 Å². The summed E-state index contributed by atoms with van der Waals surface area (Å²) in [6.07, 6.45) is -0.484. The van der Waals surface area contributed by atoms with Gasteiger partial charge in [0, 0.05) is 20.1 Å². The smallest absolute Gasteiger partial charge is 0.320 e. The number of hydrogen-bond acceptors (Lipinski definition) is 4. The van der Waals surface area contributed by atoms with Gasteiger partial charge < -0.3 is 26.0 Å². The molecule has 1 heterocycles. The number of rotatable bonds is 4. The van der Waals surface area contributed by atoms with Crippen LogP contribution in [0, 0.1) is 0 Å². The lowest BCUT2D eigenvalue weighted by Crippen LogP contribution is -2.60. The van der Waals surface area contributed by atoms with Crippen molar-refractivity contribution in [2.75, 3.05) is 26.7 Å². The van der Waals surface area contributed by atoms with Crippen molar-refractivity contribution in [1.82, 2.24) is 15.1 Å². The number of hydrogen-bond donors (Lipinski definition) is 3. The molecule has 9 heteroatoms. The summed E-state index contributed by atoms with van der Waals surface area (Å²) in [4.78, 5) is 47.3. The van der Waals surface area contributed by atoms with E-state index in [1.54, 1.807) is 0 Å². The highest BCUT2D eigenvalue weighted by Gasteiger charge is 2.36. The van der Waals surface area contributed by atoms with Gasteiger partial charge in [0.1, 0.15) is 12.6 Å². The van der Waals surface area contributed by atoms with Crippen molar-refractivity contribution in [3.05, 3.63) is 0 Å². The summed E-state index contributed by atoms with van der Waals surface area (Å²) in [5.41, 5.74) is 4.98. The highest BCUT2D eigenvalue weighted by Crippen LogP contribution is 2.11. The number of carboxylic acid groups (broad SMARTS) is 1. The number of amides is 4. The van der Waals surface area contributed by atoms with Crippen molar-refractivity contribution in [2.45, 2.75) is 12.5 Å². The highest BCUT2D eigenvalue weighted by molar-refractivity contribution is 5.92. The molecule has 19 heavy (non-hydrogen) atoms. The van der Waals surface area contributed by atoms with E-state index in [9.17, 15) is 19.2 Å². The summed E-state index contributed by atoms with van der Waals surface area (Å²) >= 11 is 0. The largest absolute Gasteiger partial charge is 0.481 e. The van der Waals surface area contributed by atoms with E-state index in [0.29, 0.717) is 0 Å². The van der Waals surface area contributed by atoms with Gasteiger partial charge in [-0.15, -0.1) is 0 Å². The SMILES string of the molecule is CN(CC(N)=O)C(=O)N1CCNC(=O)C1CC(=O)O. The number of likely N-dealkylation sites (N-methyl/N-ethyl adjacent to an activating group) is 1. The Hall–Kier alpha value is -2.32. The number of nitrogens with zero attached hydrogens (tertiary/aromatic N) is 2. The lowest BCUT2D eigenvalue weighted by molar-refractivity contribution is -0.142. The van der Waals surface area contributed by atoms with Gasteiger partial charge in [0.15, 0.2) is 0 Å². The second-order valence-corrected chi connectivity index (χ2v) is 4.20. The predicted octanol–water partition coefficient (Wildman–Crippen LogP) is -2.20. The lowest BCUT2D eigenvalue weighted by Gasteiger charge is -2.36. The molecular formula is C10H16N4O5. The number of carbonyl (C=O) groups is 4. The Morgan fingerprint density at radius 2 is 2.16 bits per heavy atom. The van der Waals surface area contributed by atoms with Crippen LogP contribution in [0.15, 0.2) is 0 Å². The molecule has 9 nitrogen and oxygen atoms in total. The standard InChI is InChI=1S/C10H16N4O5/c1-13(5-7(11)15)10(19)14-3-2-12-9(18)6(14)4-8(16)17/h6H,2-5H2,1H3,(H2,11,15)(H,12,18)(H,16,17). The maximum Gasteiger partial charge on any atom is 0.320 e. The molecule has 4 amide bonds. The molecule has 0 aliphatic carbocycles. The first-order valence-electron chi connectivity index (χ1n) is 5.62. The van der Waals surface area contributed by atoms with Crippen molar-refractivity contribution in [3.63, 3.8) is 0 Å². The van der Waals surface area contributed by atoms with E-state index in [0.717, 1.165) is 9.80 Å². The van der Waals surface area contributed by atoms with Gasteiger partial charge in [0.05, 0.1) is 6.42 Å². The number of nitrogens with two attached hydrogens (primary N) is 1. The molecule has 0 saturated carbocycles. The van der Waals surface area contributed by atoms with Crippen LogP contribution in [0.2, 0.25) is 0 Å². The molecule has 0 aromatic carbocycles. The number of carboxylic acids is 1. The van der Waals surface area contributed by atoms with E-state index >= 15 is 0 Å². The molecule has 0 spiro atoms. The summed E-state index contributed by atoms with van der Waals surface area (Å²) in [6.45, 7) is 0.132. The van der Waals surface area contributed by atoms with E-state index in [4.69, 9.17) is 10.8 Å². The monoisotopic (exact) mass is 272 g/mol. The van der Waals surface area contributed by atoms with E-state index in [1.807, 2.05) is 0 Å². The van der Waals surface area contributed by atoms with Gasteiger partial charge in [-0.25, -0.2) is 4.79 Å². The molecule has 1 rings (SSSR count). The Bertz CT molecular complexity index is 411. The van der Waals surface area contributed by atoms with Gasteiger partial charge >= 0.3 is 12.0 Å². The Labute approximate surface area is 109 Å². The Morgan fingerprint density at radius 1 is 1.53 bits per heavy atom. The lowest BCUT2D eigenvalue weighted by atomic mass is 10.1. The minimum absolute atomic E-state index is 0.186. The van der Waals surface area contributed by atoms with Gasteiger partial charge in [-0.1, -0.05) is 0 Å². The highest BCUT2D eigenvalue weighted by atomic mass is 16.4. The molecule has 1 saturated heterocycles.